The minimum Gasteiger partial charge on any atom is -0.496 e. The fraction of sp³-hybridized carbons (Fsp3) is 0.136. The highest BCUT2D eigenvalue weighted by Gasteiger charge is 2.27. The van der Waals surface area contributed by atoms with Crippen molar-refractivity contribution in [1.82, 2.24) is 0 Å². The summed E-state index contributed by atoms with van der Waals surface area (Å²) in [5.41, 5.74) is 1.09. The third-order valence-corrected chi connectivity index (χ3v) is 5.63. The normalized spacial score (nSPS) is 10.3. The molecule has 0 bridgehead atoms. The largest absolute Gasteiger partial charge is 0.496 e. The molecule has 1 heterocycles. The van der Waals surface area contributed by atoms with Gasteiger partial charge < -0.3 is 20.1 Å². The van der Waals surface area contributed by atoms with Crippen molar-refractivity contribution in [3.05, 3.63) is 75.9 Å². The van der Waals surface area contributed by atoms with Gasteiger partial charge in [-0.05, 0) is 48.9 Å². The van der Waals surface area contributed by atoms with Gasteiger partial charge in [-0.15, -0.1) is 11.3 Å². The highest BCUT2D eigenvalue weighted by Crippen LogP contribution is 2.35. The quantitative estimate of drug-likeness (QED) is 0.549. The fourth-order valence-corrected chi connectivity index (χ4v) is 3.97. The Morgan fingerprint density at radius 1 is 0.935 bits per heavy atom. The number of hydrogen-bond donors (Lipinski definition) is 2. The van der Waals surface area contributed by atoms with Gasteiger partial charge in [-0.1, -0.05) is 12.1 Å². The van der Waals surface area contributed by atoms with E-state index in [1.165, 1.54) is 38.5 Å². The van der Waals surface area contributed by atoms with E-state index < -0.39 is 23.6 Å². The Kier molecular flexibility index (Phi) is 6.66. The van der Waals surface area contributed by atoms with E-state index in [4.69, 9.17) is 9.47 Å². The number of methoxy groups -OCH3 is 2. The Bertz CT molecular complexity index is 1140. The first-order chi connectivity index (χ1) is 14.8. The number of ether oxygens (including phenoxy) is 2. The lowest BCUT2D eigenvalue weighted by Crippen LogP contribution is -2.15. The first-order valence-electron chi connectivity index (χ1n) is 9.08. The van der Waals surface area contributed by atoms with Crippen molar-refractivity contribution < 1.29 is 28.2 Å². The molecule has 2 N–H and O–H groups in total. The van der Waals surface area contributed by atoms with Gasteiger partial charge in [0, 0.05) is 5.69 Å². The standard InChI is InChI=1S/C22H19FN2O5S/c1-12-17(22(28)30-3)21(25-19(26)15-6-4-5-7-16(15)29-2)31-18(12)20(27)24-14-10-8-13(23)9-11-14/h4-11H,1-3H3,(H,24,27)(H,25,26). The molecule has 9 heteroatoms. The van der Waals surface area contributed by atoms with E-state index in [-0.39, 0.29) is 21.0 Å². The maximum absolute atomic E-state index is 13.1. The summed E-state index contributed by atoms with van der Waals surface area (Å²) in [4.78, 5) is 38.1. The molecule has 0 saturated carbocycles. The molecule has 0 spiro atoms. The highest BCUT2D eigenvalue weighted by atomic mass is 32.1. The summed E-state index contributed by atoms with van der Waals surface area (Å²) >= 11 is 0.937. The van der Waals surface area contributed by atoms with Crippen LogP contribution in [0.2, 0.25) is 0 Å². The average molecular weight is 442 g/mol. The molecule has 1 aromatic heterocycles. The average Bonchev–Trinajstić information content (AvgIpc) is 3.10. The Morgan fingerprint density at radius 3 is 2.26 bits per heavy atom. The number of benzene rings is 2. The SMILES string of the molecule is COC(=O)c1c(NC(=O)c2ccccc2OC)sc(C(=O)Nc2ccc(F)cc2)c1C. The van der Waals surface area contributed by atoms with E-state index in [0.29, 0.717) is 17.0 Å². The predicted octanol–water partition coefficient (Wildman–Crippen LogP) is 4.50. The molecular formula is C22H19FN2O5S. The van der Waals surface area contributed by atoms with Crippen molar-refractivity contribution in [2.24, 2.45) is 0 Å². The third kappa shape index (κ3) is 4.72. The summed E-state index contributed by atoms with van der Waals surface area (Å²) in [5.74, 6) is -1.77. The summed E-state index contributed by atoms with van der Waals surface area (Å²) < 4.78 is 23.1. The molecule has 0 radical (unpaired) electrons. The van der Waals surface area contributed by atoms with Crippen molar-refractivity contribution >= 4 is 39.8 Å². The van der Waals surface area contributed by atoms with E-state index in [2.05, 4.69) is 10.6 Å². The van der Waals surface area contributed by atoms with Gasteiger partial charge in [0.15, 0.2) is 0 Å². The predicted molar refractivity (Wildman–Crippen MR) is 116 cm³/mol. The highest BCUT2D eigenvalue weighted by molar-refractivity contribution is 7.19. The monoisotopic (exact) mass is 442 g/mol. The van der Waals surface area contributed by atoms with E-state index in [9.17, 15) is 18.8 Å². The van der Waals surface area contributed by atoms with Crippen LogP contribution in [0.5, 0.6) is 5.75 Å². The van der Waals surface area contributed by atoms with E-state index in [1.54, 1.807) is 31.2 Å². The van der Waals surface area contributed by atoms with Crippen molar-refractivity contribution in [1.29, 1.82) is 0 Å². The molecule has 31 heavy (non-hydrogen) atoms. The zero-order valence-electron chi connectivity index (χ0n) is 16.9. The maximum Gasteiger partial charge on any atom is 0.341 e. The number of thiophene rings is 1. The Hall–Kier alpha value is -3.72. The molecule has 0 unspecified atom stereocenters. The van der Waals surface area contributed by atoms with Gasteiger partial charge in [0.25, 0.3) is 11.8 Å². The van der Waals surface area contributed by atoms with Gasteiger partial charge in [-0.25, -0.2) is 9.18 Å². The van der Waals surface area contributed by atoms with Crippen LogP contribution < -0.4 is 15.4 Å². The Labute approximate surface area is 181 Å². The zero-order chi connectivity index (χ0) is 22.5. The number of halogens is 1. The van der Waals surface area contributed by atoms with Gasteiger partial charge in [-0.2, -0.15) is 0 Å². The van der Waals surface area contributed by atoms with Crippen molar-refractivity contribution in [2.45, 2.75) is 6.92 Å². The molecular weight excluding hydrogens is 423 g/mol. The van der Waals surface area contributed by atoms with E-state index >= 15 is 0 Å². The molecule has 3 rings (SSSR count). The number of amides is 2. The topological polar surface area (TPSA) is 93.7 Å². The summed E-state index contributed by atoms with van der Waals surface area (Å²) in [6.45, 7) is 1.58. The number of rotatable bonds is 6. The molecule has 0 saturated heterocycles. The van der Waals surface area contributed by atoms with Gasteiger partial charge in [0.2, 0.25) is 0 Å². The van der Waals surface area contributed by atoms with Crippen LogP contribution in [0.25, 0.3) is 0 Å². The summed E-state index contributed by atoms with van der Waals surface area (Å²) in [5, 5.41) is 5.49. The number of hydrogen-bond acceptors (Lipinski definition) is 6. The van der Waals surface area contributed by atoms with Crippen LogP contribution in [0.3, 0.4) is 0 Å². The van der Waals surface area contributed by atoms with Crippen LogP contribution in [-0.4, -0.2) is 32.0 Å². The van der Waals surface area contributed by atoms with Crippen molar-refractivity contribution in [2.75, 3.05) is 24.9 Å². The number of para-hydroxylation sites is 1. The van der Waals surface area contributed by atoms with Gasteiger partial charge in [0.05, 0.1) is 30.2 Å². The van der Waals surface area contributed by atoms with Crippen LogP contribution in [-0.2, 0) is 4.74 Å². The molecule has 0 aliphatic carbocycles. The van der Waals surface area contributed by atoms with E-state index in [1.807, 2.05) is 0 Å². The van der Waals surface area contributed by atoms with Crippen LogP contribution in [0, 0.1) is 12.7 Å². The number of nitrogens with one attached hydrogen (secondary N) is 2. The zero-order valence-corrected chi connectivity index (χ0v) is 17.8. The third-order valence-electron chi connectivity index (χ3n) is 4.42. The van der Waals surface area contributed by atoms with Gasteiger partial charge in [-0.3, -0.25) is 9.59 Å². The number of esters is 1. The number of carbonyl (C=O) groups is 3. The smallest absolute Gasteiger partial charge is 0.341 e. The minimum atomic E-state index is -0.690. The summed E-state index contributed by atoms with van der Waals surface area (Å²) in [7, 11) is 2.66. The van der Waals surface area contributed by atoms with Gasteiger partial charge >= 0.3 is 5.97 Å². The molecule has 2 amide bonds. The molecule has 3 aromatic rings. The fourth-order valence-electron chi connectivity index (χ4n) is 2.89. The second-order valence-electron chi connectivity index (χ2n) is 6.37. The molecule has 160 valence electrons. The first-order valence-corrected chi connectivity index (χ1v) is 9.90. The minimum absolute atomic E-state index is 0.0833. The maximum atomic E-state index is 13.1. The molecule has 2 aromatic carbocycles. The van der Waals surface area contributed by atoms with E-state index in [0.717, 1.165) is 11.3 Å². The van der Waals surface area contributed by atoms with Crippen LogP contribution in [0.4, 0.5) is 15.1 Å². The van der Waals surface area contributed by atoms with Crippen LogP contribution in [0.1, 0.15) is 36.0 Å². The number of anilines is 2. The molecule has 7 nitrogen and oxygen atoms in total. The second kappa shape index (κ2) is 9.40. The van der Waals surface area contributed by atoms with Gasteiger partial charge in [0.1, 0.15) is 16.6 Å². The summed E-state index contributed by atoms with van der Waals surface area (Å²) in [6, 6.07) is 11.9. The number of carbonyl (C=O) groups excluding carboxylic acids is 3. The molecule has 0 atom stereocenters. The molecule has 0 aliphatic heterocycles. The lowest BCUT2D eigenvalue weighted by molar-refractivity contribution is 0.0601. The Balaban J connectivity index is 1.94. The molecule has 0 fully saturated rings. The molecule has 0 aliphatic rings. The van der Waals surface area contributed by atoms with Crippen LogP contribution in [0.15, 0.2) is 48.5 Å². The summed E-state index contributed by atoms with van der Waals surface area (Å²) in [6.07, 6.45) is 0. The second-order valence-corrected chi connectivity index (χ2v) is 7.39. The lowest BCUT2D eigenvalue weighted by Gasteiger charge is -2.09. The van der Waals surface area contributed by atoms with Crippen molar-refractivity contribution in [3.63, 3.8) is 0 Å². The lowest BCUT2D eigenvalue weighted by atomic mass is 10.1. The van der Waals surface area contributed by atoms with Crippen molar-refractivity contribution in [3.8, 4) is 5.75 Å². The Morgan fingerprint density at radius 2 is 1.61 bits per heavy atom. The van der Waals surface area contributed by atoms with Crippen LogP contribution >= 0.6 is 11.3 Å². The first kappa shape index (κ1) is 22.0.